The summed E-state index contributed by atoms with van der Waals surface area (Å²) in [6.07, 6.45) is 12.7. The van der Waals surface area contributed by atoms with E-state index >= 15 is 0 Å². The maximum atomic E-state index is 14.4. The summed E-state index contributed by atoms with van der Waals surface area (Å²) in [6.45, 7) is 13.3. The molecule has 0 saturated carbocycles. The van der Waals surface area contributed by atoms with Crippen LogP contribution in [0.5, 0.6) is 0 Å². The third-order valence-corrected chi connectivity index (χ3v) is 8.14. The Morgan fingerprint density at radius 2 is 1.98 bits per heavy atom. The van der Waals surface area contributed by atoms with Gasteiger partial charge in [-0.25, -0.2) is 9.37 Å². The first kappa shape index (κ1) is 30.1. The lowest BCUT2D eigenvalue weighted by atomic mass is 9.93. The molecule has 5 N–H and O–H groups in total. The first-order chi connectivity index (χ1) is 21.9. The first-order valence-electron chi connectivity index (χ1n) is 15.2. The highest BCUT2D eigenvalue weighted by Gasteiger charge is 2.16. The van der Waals surface area contributed by atoms with Crippen molar-refractivity contribution in [1.29, 1.82) is 0 Å². The fourth-order valence-corrected chi connectivity index (χ4v) is 5.78. The molecule has 0 atom stereocenters. The number of hydrogen-bond donors (Lipinski definition) is 5. The molecule has 5 aromatic rings. The van der Waals surface area contributed by atoms with Gasteiger partial charge in [0.15, 0.2) is 5.82 Å². The van der Waals surface area contributed by atoms with Gasteiger partial charge in [0, 0.05) is 35.4 Å². The van der Waals surface area contributed by atoms with Crippen LogP contribution in [0.3, 0.4) is 0 Å². The van der Waals surface area contributed by atoms with Gasteiger partial charge in [-0.05, 0) is 105 Å². The SMILES string of the molecule is C=C(CC1CCNCC1)Nc1cncc(/C(C)=C/C=c2/[nH]nc(-c3nc4c(-c5cc(F)cc(CNC)c5)nccc4[nH]3)c2=C)c1. The van der Waals surface area contributed by atoms with Crippen molar-refractivity contribution in [1.82, 2.24) is 40.8 Å². The number of halogens is 1. The number of nitrogens with one attached hydrogen (secondary N) is 5. The van der Waals surface area contributed by atoms with Crippen molar-refractivity contribution in [2.45, 2.75) is 32.7 Å². The van der Waals surface area contributed by atoms with Crippen LogP contribution in [0.4, 0.5) is 10.1 Å². The van der Waals surface area contributed by atoms with E-state index in [1.165, 1.54) is 25.0 Å². The number of allylic oxidation sites excluding steroid dienone is 3. The summed E-state index contributed by atoms with van der Waals surface area (Å²) in [6, 6.07) is 8.85. The average Bonchev–Trinajstić information content (AvgIpc) is 3.63. The molecule has 0 radical (unpaired) electrons. The van der Waals surface area contributed by atoms with E-state index in [2.05, 4.69) is 60.3 Å². The van der Waals surface area contributed by atoms with Crippen molar-refractivity contribution >= 4 is 34.9 Å². The second kappa shape index (κ2) is 13.4. The minimum atomic E-state index is -0.319. The molecular formula is C35H38FN9. The Labute approximate surface area is 261 Å². The Hall–Kier alpha value is -4.93. The van der Waals surface area contributed by atoms with Gasteiger partial charge in [-0.2, -0.15) is 5.10 Å². The highest BCUT2D eigenvalue weighted by Crippen LogP contribution is 2.28. The maximum absolute atomic E-state index is 14.4. The third kappa shape index (κ3) is 6.92. The van der Waals surface area contributed by atoms with Crippen molar-refractivity contribution < 1.29 is 4.39 Å². The fourth-order valence-electron chi connectivity index (χ4n) is 5.78. The molecule has 230 valence electrons. The summed E-state index contributed by atoms with van der Waals surface area (Å²) in [5.74, 6) is 0.901. The molecule has 1 fully saturated rings. The molecule has 10 heteroatoms. The van der Waals surface area contributed by atoms with E-state index in [1.54, 1.807) is 6.20 Å². The van der Waals surface area contributed by atoms with Crippen molar-refractivity contribution in [3.63, 3.8) is 0 Å². The number of H-pyrrole nitrogens is 2. The largest absolute Gasteiger partial charge is 0.358 e. The zero-order valence-electron chi connectivity index (χ0n) is 25.7. The van der Waals surface area contributed by atoms with Gasteiger partial charge in [0.1, 0.15) is 17.0 Å². The highest BCUT2D eigenvalue weighted by atomic mass is 19.1. The highest BCUT2D eigenvalue weighted by molar-refractivity contribution is 5.91. The summed E-state index contributed by atoms with van der Waals surface area (Å²) in [5.41, 5.74) is 8.09. The van der Waals surface area contributed by atoms with E-state index < -0.39 is 0 Å². The number of imidazole rings is 1. The number of fused-ring (bicyclic) bond motifs is 1. The lowest BCUT2D eigenvalue weighted by Crippen LogP contribution is -2.28. The van der Waals surface area contributed by atoms with Gasteiger partial charge in [0.25, 0.3) is 0 Å². The van der Waals surface area contributed by atoms with Gasteiger partial charge in [0.2, 0.25) is 0 Å². The summed E-state index contributed by atoms with van der Waals surface area (Å²) >= 11 is 0. The number of hydrogen-bond acceptors (Lipinski definition) is 7. The molecule has 4 aromatic heterocycles. The van der Waals surface area contributed by atoms with Crippen LogP contribution in [0, 0.1) is 11.7 Å². The zero-order valence-corrected chi connectivity index (χ0v) is 25.7. The predicted molar refractivity (Wildman–Crippen MR) is 180 cm³/mol. The van der Waals surface area contributed by atoms with Crippen LogP contribution in [-0.2, 0) is 6.54 Å². The maximum Gasteiger partial charge on any atom is 0.159 e. The molecule has 1 aliphatic heterocycles. The number of benzene rings is 1. The van der Waals surface area contributed by atoms with Gasteiger partial charge >= 0.3 is 0 Å². The Bertz CT molecular complexity index is 1980. The Balaban J connectivity index is 1.22. The van der Waals surface area contributed by atoms with Crippen LogP contribution in [-0.4, -0.2) is 50.3 Å². The van der Waals surface area contributed by atoms with E-state index in [0.717, 1.165) is 58.5 Å². The normalized spacial score (nSPS) is 14.7. The fraction of sp³-hybridized carbons (Fsp3) is 0.257. The topological polar surface area (TPSA) is 119 Å². The summed E-state index contributed by atoms with van der Waals surface area (Å²) in [4.78, 5) is 17.1. The molecule has 0 aliphatic carbocycles. The second-order valence-electron chi connectivity index (χ2n) is 11.6. The summed E-state index contributed by atoms with van der Waals surface area (Å²) in [7, 11) is 1.83. The van der Waals surface area contributed by atoms with Gasteiger partial charge in [0.05, 0.1) is 28.4 Å². The molecular weight excluding hydrogens is 565 g/mol. The molecule has 45 heavy (non-hydrogen) atoms. The molecule has 0 unspecified atom stereocenters. The van der Waals surface area contributed by atoms with Gasteiger partial charge < -0.3 is 20.9 Å². The molecule has 1 aliphatic rings. The first-order valence-corrected chi connectivity index (χ1v) is 15.2. The van der Waals surface area contributed by atoms with E-state index in [9.17, 15) is 4.39 Å². The molecule has 6 rings (SSSR count). The zero-order chi connectivity index (χ0) is 31.3. The van der Waals surface area contributed by atoms with Crippen LogP contribution in [0.2, 0.25) is 0 Å². The molecule has 0 amide bonds. The Morgan fingerprint density at radius 3 is 2.80 bits per heavy atom. The van der Waals surface area contributed by atoms with Crippen molar-refractivity contribution in [3.05, 3.63) is 94.8 Å². The van der Waals surface area contributed by atoms with Crippen molar-refractivity contribution in [2.24, 2.45) is 5.92 Å². The number of aromatic amines is 2. The molecule has 0 spiro atoms. The lowest BCUT2D eigenvalue weighted by Gasteiger charge is -2.23. The number of rotatable bonds is 10. The van der Waals surface area contributed by atoms with E-state index in [-0.39, 0.29) is 5.82 Å². The van der Waals surface area contributed by atoms with E-state index in [4.69, 9.17) is 4.98 Å². The van der Waals surface area contributed by atoms with Gasteiger partial charge in [-0.15, -0.1) is 0 Å². The Morgan fingerprint density at radius 1 is 1.13 bits per heavy atom. The predicted octanol–water partition coefficient (Wildman–Crippen LogP) is 4.88. The molecule has 0 bridgehead atoms. The molecule has 9 nitrogen and oxygen atoms in total. The monoisotopic (exact) mass is 603 g/mol. The van der Waals surface area contributed by atoms with Crippen molar-refractivity contribution in [3.8, 4) is 22.8 Å². The average molecular weight is 604 g/mol. The van der Waals surface area contributed by atoms with Crippen molar-refractivity contribution in [2.75, 3.05) is 25.5 Å². The van der Waals surface area contributed by atoms with Crippen LogP contribution in [0.1, 0.15) is 37.3 Å². The molecule has 5 heterocycles. The molecule has 1 aromatic carbocycles. The van der Waals surface area contributed by atoms with Crippen LogP contribution in [0.15, 0.2) is 67.3 Å². The van der Waals surface area contributed by atoms with E-state index in [1.807, 2.05) is 50.6 Å². The molecule has 1 saturated heterocycles. The third-order valence-electron chi connectivity index (χ3n) is 8.14. The summed E-state index contributed by atoms with van der Waals surface area (Å²) in [5, 5.41) is 19.0. The smallest absolute Gasteiger partial charge is 0.159 e. The van der Waals surface area contributed by atoms with Crippen LogP contribution >= 0.6 is 0 Å². The van der Waals surface area contributed by atoms with E-state index in [0.29, 0.717) is 46.0 Å². The number of pyridine rings is 2. The van der Waals surface area contributed by atoms with Gasteiger partial charge in [-0.3, -0.25) is 15.1 Å². The van der Waals surface area contributed by atoms with Gasteiger partial charge in [-0.1, -0.05) is 19.2 Å². The van der Waals surface area contributed by atoms with Crippen LogP contribution < -0.4 is 26.5 Å². The lowest BCUT2D eigenvalue weighted by molar-refractivity contribution is 0.373. The minimum absolute atomic E-state index is 0.319. The number of aromatic nitrogens is 6. The number of piperidine rings is 1. The summed E-state index contributed by atoms with van der Waals surface area (Å²) < 4.78 is 14.4. The quantitative estimate of drug-likeness (QED) is 0.154. The minimum Gasteiger partial charge on any atom is -0.358 e. The second-order valence-corrected chi connectivity index (χ2v) is 11.6. The standard InChI is InChI=1S/C35H38FN9/c1-21(27-17-29(20-39-19-27)41-22(2)13-24-7-10-38-11-8-24)5-6-30-23(3)32(45-44-30)35-42-31-9-12-40-33(34(31)43-35)26-14-25(18-37-4)15-28(36)16-26/h5-6,9,12,14-17,19-20,24,37-38,41,44H,2-3,7-8,10-11,13,18H2,1,4H3,(H,42,43)/b21-5+,30-6+. The number of nitrogens with zero attached hydrogens (tertiary/aromatic N) is 4. The number of anilines is 1. The van der Waals surface area contributed by atoms with Crippen LogP contribution in [0.25, 0.3) is 52.0 Å². The Kier molecular flexibility index (Phi) is 8.95.